The average molecular weight is 384 g/mol. The van der Waals surface area contributed by atoms with E-state index in [2.05, 4.69) is 40.6 Å². The highest BCUT2D eigenvalue weighted by Crippen LogP contribution is 2.43. The van der Waals surface area contributed by atoms with Crippen molar-refractivity contribution in [2.45, 2.75) is 12.3 Å². The molecule has 0 fully saturated rings. The minimum atomic E-state index is 0.203. The number of hydrogen-bond donors (Lipinski definition) is 1. The van der Waals surface area contributed by atoms with Gasteiger partial charge >= 0.3 is 0 Å². The number of anilines is 2. The maximum absolute atomic E-state index is 6.53. The fourth-order valence-electron chi connectivity index (χ4n) is 3.88. The van der Waals surface area contributed by atoms with Crippen molar-refractivity contribution in [3.8, 4) is 11.3 Å². The molecule has 28 heavy (non-hydrogen) atoms. The van der Waals surface area contributed by atoms with E-state index in [-0.39, 0.29) is 5.92 Å². The Labute approximate surface area is 169 Å². The van der Waals surface area contributed by atoms with Crippen LogP contribution in [0, 0.1) is 0 Å². The molecular weight excluding hydrogens is 366 g/mol. The van der Waals surface area contributed by atoms with Crippen LogP contribution in [-0.4, -0.2) is 9.97 Å². The zero-order valence-electron chi connectivity index (χ0n) is 15.1. The lowest BCUT2D eigenvalue weighted by Gasteiger charge is -2.28. The minimum Gasteiger partial charge on any atom is -0.324 e. The minimum absolute atomic E-state index is 0.203. The number of aromatic nitrogens is 2. The normalized spacial score (nSPS) is 14.8. The van der Waals surface area contributed by atoms with E-state index in [1.165, 1.54) is 5.56 Å². The van der Waals surface area contributed by atoms with Crippen molar-refractivity contribution in [1.29, 1.82) is 0 Å². The van der Waals surface area contributed by atoms with Gasteiger partial charge in [0.15, 0.2) is 0 Å². The van der Waals surface area contributed by atoms with Crippen LogP contribution in [0.3, 0.4) is 0 Å². The Bertz CT molecular complexity index is 1140. The maximum atomic E-state index is 6.53. The lowest BCUT2D eigenvalue weighted by Crippen LogP contribution is -2.15. The smallest absolute Gasteiger partial charge is 0.227 e. The molecule has 1 atom stereocenters. The second-order valence-electron chi connectivity index (χ2n) is 6.92. The topological polar surface area (TPSA) is 37.8 Å². The molecule has 1 unspecified atom stereocenters. The highest BCUT2D eigenvalue weighted by atomic mass is 35.5. The Kier molecular flexibility index (Phi) is 4.30. The molecule has 1 aliphatic carbocycles. The number of nitrogens with zero attached hydrogens (tertiary/aromatic N) is 2. The fraction of sp³-hybridized carbons (Fsp3) is 0.0833. The molecular formula is C24H18ClN3. The number of nitrogens with one attached hydrogen (secondary N) is 1. The third-order valence-corrected chi connectivity index (χ3v) is 5.53. The van der Waals surface area contributed by atoms with Crippen molar-refractivity contribution in [2.24, 2.45) is 0 Å². The van der Waals surface area contributed by atoms with Gasteiger partial charge in [-0.15, -0.1) is 0 Å². The second-order valence-corrected chi connectivity index (χ2v) is 7.33. The van der Waals surface area contributed by atoms with Crippen molar-refractivity contribution in [3.63, 3.8) is 0 Å². The van der Waals surface area contributed by atoms with Crippen molar-refractivity contribution in [2.75, 3.05) is 5.32 Å². The lowest BCUT2D eigenvalue weighted by atomic mass is 9.78. The first-order valence-electron chi connectivity index (χ1n) is 9.31. The van der Waals surface area contributed by atoms with Crippen LogP contribution >= 0.6 is 11.6 Å². The monoisotopic (exact) mass is 383 g/mol. The Morgan fingerprint density at radius 3 is 2.36 bits per heavy atom. The van der Waals surface area contributed by atoms with Gasteiger partial charge in [-0.1, -0.05) is 72.3 Å². The Hall–Kier alpha value is -3.17. The van der Waals surface area contributed by atoms with Crippen molar-refractivity contribution < 1.29 is 0 Å². The van der Waals surface area contributed by atoms with Crippen molar-refractivity contribution >= 4 is 23.2 Å². The van der Waals surface area contributed by atoms with Gasteiger partial charge in [0.1, 0.15) is 0 Å². The molecule has 3 nitrogen and oxygen atoms in total. The number of para-hydroxylation sites is 1. The number of benzene rings is 3. The third-order valence-electron chi connectivity index (χ3n) is 5.19. The van der Waals surface area contributed by atoms with Crippen LogP contribution in [0.4, 0.5) is 11.6 Å². The molecule has 4 heteroatoms. The van der Waals surface area contributed by atoms with Gasteiger partial charge in [-0.25, -0.2) is 9.97 Å². The second kappa shape index (κ2) is 7.10. The summed E-state index contributed by atoms with van der Waals surface area (Å²) in [6, 6.07) is 26.5. The molecule has 1 aliphatic rings. The van der Waals surface area contributed by atoms with Crippen molar-refractivity contribution in [3.05, 3.63) is 107 Å². The largest absolute Gasteiger partial charge is 0.324 e. The molecule has 0 saturated heterocycles. The average Bonchev–Trinajstić information content (AvgIpc) is 2.75. The molecule has 0 radical (unpaired) electrons. The molecule has 4 aromatic rings. The first kappa shape index (κ1) is 17.0. The van der Waals surface area contributed by atoms with Gasteiger partial charge in [0.25, 0.3) is 0 Å². The summed E-state index contributed by atoms with van der Waals surface area (Å²) in [6.45, 7) is 0. The van der Waals surface area contributed by atoms with E-state index < -0.39 is 0 Å². The highest BCUT2D eigenvalue weighted by molar-refractivity contribution is 6.31. The third kappa shape index (κ3) is 3.04. The summed E-state index contributed by atoms with van der Waals surface area (Å²) in [5.41, 5.74) is 6.66. The summed E-state index contributed by atoms with van der Waals surface area (Å²) in [6.07, 6.45) is 2.77. The predicted octanol–water partition coefficient (Wildman–Crippen LogP) is 6.23. The van der Waals surface area contributed by atoms with E-state index in [0.29, 0.717) is 5.95 Å². The summed E-state index contributed by atoms with van der Waals surface area (Å²) in [5, 5.41) is 4.09. The first-order chi connectivity index (χ1) is 13.8. The van der Waals surface area contributed by atoms with Gasteiger partial charge < -0.3 is 5.32 Å². The van der Waals surface area contributed by atoms with Gasteiger partial charge in [0.05, 0.1) is 5.69 Å². The zero-order valence-corrected chi connectivity index (χ0v) is 15.9. The molecule has 3 aromatic carbocycles. The maximum Gasteiger partial charge on any atom is 0.227 e. The summed E-state index contributed by atoms with van der Waals surface area (Å²) >= 11 is 6.53. The molecule has 5 rings (SSSR count). The van der Waals surface area contributed by atoms with Crippen LogP contribution < -0.4 is 5.32 Å². The van der Waals surface area contributed by atoms with E-state index in [1.54, 1.807) is 0 Å². The standard InChI is InChI=1S/C24H18ClN3/c25-22-13-7-6-11-19(22)21-14-16-15-26-24(27-17-8-2-1-3-9-17)28-23(16)20-12-5-4-10-18(20)21/h1-13,15,21H,14H2,(H,26,27,28). The van der Waals surface area contributed by atoms with Gasteiger partial charge in [-0.2, -0.15) is 0 Å². The highest BCUT2D eigenvalue weighted by Gasteiger charge is 2.28. The molecule has 1 aromatic heterocycles. The number of hydrogen-bond acceptors (Lipinski definition) is 3. The molecule has 0 bridgehead atoms. The fourth-order valence-corrected chi connectivity index (χ4v) is 4.15. The SMILES string of the molecule is Clc1ccccc1C1Cc2cnc(Nc3ccccc3)nc2-c2ccccc21. The molecule has 1 N–H and O–H groups in total. The number of rotatable bonds is 3. The van der Waals surface area contributed by atoms with E-state index >= 15 is 0 Å². The summed E-state index contributed by atoms with van der Waals surface area (Å²) in [7, 11) is 0. The van der Waals surface area contributed by atoms with Crippen LogP contribution in [0.5, 0.6) is 0 Å². The van der Waals surface area contributed by atoms with Crippen LogP contribution in [-0.2, 0) is 6.42 Å². The van der Waals surface area contributed by atoms with Gasteiger partial charge in [0.2, 0.25) is 5.95 Å². The Balaban J connectivity index is 1.58. The van der Waals surface area contributed by atoms with E-state index in [1.807, 2.05) is 54.7 Å². The van der Waals surface area contributed by atoms with E-state index in [0.717, 1.165) is 39.5 Å². The summed E-state index contributed by atoms with van der Waals surface area (Å²) in [4.78, 5) is 9.40. The Morgan fingerprint density at radius 2 is 1.54 bits per heavy atom. The zero-order chi connectivity index (χ0) is 18.9. The van der Waals surface area contributed by atoms with Gasteiger partial charge in [-0.05, 0) is 41.3 Å². The van der Waals surface area contributed by atoms with Gasteiger partial charge in [0, 0.05) is 28.4 Å². The summed E-state index contributed by atoms with van der Waals surface area (Å²) < 4.78 is 0. The van der Waals surface area contributed by atoms with Crippen LogP contribution in [0.2, 0.25) is 5.02 Å². The van der Waals surface area contributed by atoms with Crippen LogP contribution in [0.1, 0.15) is 22.6 Å². The van der Waals surface area contributed by atoms with Crippen LogP contribution in [0.25, 0.3) is 11.3 Å². The molecule has 0 spiro atoms. The van der Waals surface area contributed by atoms with E-state index in [9.17, 15) is 0 Å². The molecule has 1 heterocycles. The molecule has 136 valence electrons. The molecule has 0 aliphatic heterocycles. The van der Waals surface area contributed by atoms with Gasteiger partial charge in [-0.3, -0.25) is 0 Å². The summed E-state index contributed by atoms with van der Waals surface area (Å²) in [5.74, 6) is 0.810. The number of fused-ring (bicyclic) bond motifs is 3. The first-order valence-corrected chi connectivity index (χ1v) is 9.69. The number of halogens is 1. The van der Waals surface area contributed by atoms with Crippen molar-refractivity contribution in [1.82, 2.24) is 9.97 Å². The molecule has 0 amide bonds. The Morgan fingerprint density at radius 1 is 0.821 bits per heavy atom. The predicted molar refractivity (Wildman–Crippen MR) is 114 cm³/mol. The molecule has 0 saturated carbocycles. The van der Waals surface area contributed by atoms with E-state index in [4.69, 9.17) is 16.6 Å². The lowest BCUT2D eigenvalue weighted by molar-refractivity contribution is 0.782. The quantitative estimate of drug-likeness (QED) is 0.455. The van der Waals surface area contributed by atoms with Crippen LogP contribution in [0.15, 0.2) is 85.1 Å².